The van der Waals surface area contributed by atoms with Crippen LogP contribution in [0.5, 0.6) is 5.75 Å². The summed E-state index contributed by atoms with van der Waals surface area (Å²) < 4.78 is 65.8. The number of ether oxygens (including phenoxy) is 1. The number of sulfonamides is 1. The van der Waals surface area contributed by atoms with Gasteiger partial charge in [-0.2, -0.15) is 13.2 Å². The fourth-order valence-corrected chi connectivity index (χ4v) is 2.12. The Morgan fingerprint density at radius 3 is 2.48 bits per heavy atom. The number of halogens is 3. The van der Waals surface area contributed by atoms with E-state index in [0.29, 0.717) is 0 Å². The van der Waals surface area contributed by atoms with E-state index in [0.717, 1.165) is 25.2 Å². The molecule has 0 aliphatic heterocycles. The van der Waals surface area contributed by atoms with Gasteiger partial charge in [-0.15, -0.1) is 0 Å². The van der Waals surface area contributed by atoms with Crippen LogP contribution in [0.1, 0.15) is 16.8 Å². The van der Waals surface area contributed by atoms with E-state index in [-0.39, 0.29) is 10.6 Å². The molecular weight excluding hydrogens is 315 g/mol. The highest BCUT2D eigenvalue weighted by atomic mass is 32.2. The minimum atomic E-state index is -4.43. The SMILES string of the molecule is CNS(=O)(=O)c1ccc(OCCC(F)(F)F)c(C(=O)O)c1. The van der Waals surface area contributed by atoms with Crippen molar-refractivity contribution in [2.24, 2.45) is 0 Å². The fourth-order valence-electron chi connectivity index (χ4n) is 1.36. The number of alkyl halides is 3. The zero-order chi connectivity index (χ0) is 16.3. The summed E-state index contributed by atoms with van der Waals surface area (Å²) >= 11 is 0. The Bertz CT molecular complexity index is 627. The van der Waals surface area contributed by atoms with Crippen LogP contribution >= 0.6 is 0 Å². The van der Waals surface area contributed by atoms with Gasteiger partial charge in [0.05, 0.1) is 17.9 Å². The molecule has 10 heteroatoms. The van der Waals surface area contributed by atoms with E-state index in [2.05, 4.69) is 0 Å². The number of hydrogen-bond acceptors (Lipinski definition) is 4. The fraction of sp³-hybridized carbons (Fsp3) is 0.364. The average Bonchev–Trinajstić information content (AvgIpc) is 2.37. The molecule has 0 amide bonds. The molecule has 0 aliphatic carbocycles. The highest BCUT2D eigenvalue weighted by molar-refractivity contribution is 7.89. The molecule has 0 saturated carbocycles. The zero-order valence-electron chi connectivity index (χ0n) is 10.8. The van der Waals surface area contributed by atoms with E-state index >= 15 is 0 Å². The van der Waals surface area contributed by atoms with Gasteiger partial charge < -0.3 is 9.84 Å². The molecule has 0 aromatic heterocycles. The molecule has 0 aliphatic rings. The third kappa shape index (κ3) is 4.90. The summed E-state index contributed by atoms with van der Waals surface area (Å²) in [6.07, 6.45) is -5.68. The number of rotatable bonds is 6. The second-order valence-electron chi connectivity index (χ2n) is 3.88. The molecule has 0 bridgehead atoms. The van der Waals surface area contributed by atoms with Gasteiger partial charge in [0.1, 0.15) is 11.3 Å². The lowest BCUT2D eigenvalue weighted by Crippen LogP contribution is -2.19. The number of carboxylic acid groups (broad SMARTS) is 1. The summed E-state index contributed by atoms with van der Waals surface area (Å²) in [6.45, 7) is -0.762. The van der Waals surface area contributed by atoms with Crippen LogP contribution in [0.4, 0.5) is 13.2 Å². The maximum absolute atomic E-state index is 12.0. The maximum Gasteiger partial charge on any atom is 0.392 e. The molecule has 0 atom stereocenters. The Kier molecular flexibility index (Phi) is 5.18. The van der Waals surface area contributed by atoms with E-state index in [1.807, 2.05) is 4.72 Å². The van der Waals surface area contributed by atoms with E-state index < -0.39 is 40.8 Å². The molecule has 0 unspecified atom stereocenters. The summed E-state index contributed by atoms with van der Waals surface area (Å²) in [5, 5.41) is 8.97. The lowest BCUT2D eigenvalue weighted by atomic mass is 10.2. The first-order valence-corrected chi connectivity index (χ1v) is 7.05. The normalized spacial score (nSPS) is 12.2. The predicted molar refractivity (Wildman–Crippen MR) is 65.8 cm³/mol. The van der Waals surface area contributed by atoms with Crippen molar-refractivity contribution in [1.82, 2.24) is 4.72 Å². The number of carboxylic acids is 1. The van der Waals surface area contributed by atoms with Crippen LogP contribution < -0.4 is 9.46 Å². The molecule has 1 aromatic carbocycles. The Labute approximate surface area is 118 Å². The third-order valence-corrected chi connectivity index (χ3v) is 3.82. The van der Waals surface area contributed by atoms with Gasteiger partial charge in [-0.25, -0.2) is 17.9 Å². The van der Waals surface area contributed by atoms with Gasteiger partial charge in [0.2, 0.25) is 10.0 Å². The van der Waals surface area contributed by atoms with Crippen LogP contribution in [0.3, 0.4) is 0 Å². The lowest BCUT2D eigenvalue weighted by Gasteiger charge is -2.12. The van der Waals surface area contributed by atoms with Crippen LogP contribution in [-0.4, -0.2) is 39.3 Å². The average molecular weight is 327 g/mol. The third-order valence-electron chi connectivity index (χ3n) is 2.40. The smallest absolute Gasteiger partial charge is 0.392 e. The molecule has 0 saturated heterocycles. The van der Waals surface area contributed by atoms with Crippen molar-refractivity contribution >= 4 is 16.0 Å². The van der Waals surface area contributed by atoms with Gasteiger partial charge in [-0.3, -0.25) is 0 Å². The molecule has 118 valence electrons. The number of hydrogen-bond donors (Lipinski definition) is 2. The van der Waals surface area contributed by atoms with Gasteiger partial charge in [-0.05, 0) is 25.2 Å². The lowest BCUT2D eigenvalue weighted by molar-refractivity contribution is -0.139. The van der Waals surface area contributed by atoms with Crippen LogP contribution in [0.25, 0.3) is 0 Å². The van der Waals surface area contributed by atoms with Gasteiger partial charge in [0.15, 0.2) is 0 Å². The second-order valence-corrected chi connectivity index (χ2v) is 5.77. The van der Waals surface area contributed by atoms with Crippen molar-refractivity contribution in [1.29, 1.82) is 0 Å². The Hall–Kier alpha value is -1.81. The van der Waals surface area contributed by atoms with Crippen LogP contribution in [-0.2, 0) is 10.0 Å². The van der Waals surface area contributed by atoms with Crippen molar-refractivity contribution in [2.75, 3.05) is 13.7 Å². The largest absolute Gasteiger partial charge is 0.492 e. The Morgan fingerprint density at radius 2 is 2.00 bits per heavy atom. The minimum Gasteiger partial charge on any atom is -0.492 e. The molecule has 0 heterocycles. The van der Waals surface area contributed by atoms with Crippen LogP contribution in [0, 0.1) is 0 Å². The van der Waals surface area contributed by atoms with Gasteiger partial charge in [-0.1, -0.05) is 0 Å². The number of nitrogens with one attached hydrogen (secondary N) is 1. The Morgan fingerprint density at radius 1 is 1.38 bits per heavy atom. The minimum absolute atomic E-state index is 0.328. The number of carbonyl (C=O) groups is 1. The first-order valence-electron chi connectivity index (χ1n) is 5.57. The van der Waals surface area contributed by atoms with Crippen molar-refractivity contribution in [2.45, 2.75) is 17.5 Å². The van der Waals surface area contributed by atoms with Gasteiger partial charge >= 0.3 is 12.1 Å². The zero-order valence-corrected chi connectivity index (χ0v) is 11.6. The summed E-state index contributed by atoms with van der Waals surface area (Å²) in [5.41, 5.74) is -0.534. The molecule has 6 nitrogen and oxygen atoms in total. The highest BCUT2D eigenvalue weighted by Crippen LogP contribution is 2.25. The van der Waals surface area contributed by atoms with Crippen molar-refractivity contribution in [3.63, 3.8) is 0 Å². The molecule has 0 radical (unpaired) electrons. The molecule has 0 fully saturated rings. The van der Waals surface area contributed by atoms with E-state index in [1.165, 1.54) is 0 Å². The predicted octanol–water partition coefficient (Wildman–Crippen LogP) is 1.62. The number of aromatic carboxylic acids is 1. The van der Waals surface area contributed by atoms with Crippen molar-refractivity contribution in [3.8, 4) is 5.75 Å². The summed E-state index contributed by atoms with van der Waals surface area (Å²) in [5.74, 6) is -1.84. The molecule has 1 aromatic rings. The van der Waals surface area contributed by atoms with Gasteiger partial charge in [0, 0.05) is 0 Å². The maximum atomic E-state index is 12.0. The molecule has 21 heavy (non-hydrogen) atoms. The molecule has 0 spiro atoms. The molecule has 1 rings (SSSR count). The van der Waals surface area contributed by atoms with Crippen LogP contribution in [0.2, 0.25) is 0 Å². The molecular formula is C11H12F3NO5S. The summed E-state index contributed by atoms with van der Waals surface area (Å²) in [6, 6.07) is 2.86. The summed E-state index contributed by atoms with van der Waals surface area (Å²) in [7, 11) is -2.72. The monoisotopic (exact) mass is 327 g/mol. The highest BCUT2D eigenvalue weighted by Gasteiger charge is 2.27. The molecule has 2 N–H and O–H groups in total. The first-order chi connectivity index (χ1) is 9.57. The Balaban J connectivity index is 3.04. The van der Waals surface area contributed by atoms with E-state index in [9.17, 15) is 26.4 Å². The number of benzene rings is 1. The van der Waals surface area contributed by atoms with E-state index in [1.54, 1.807) is 0 Å². The van der Waals surface area contributed by atoms with Gasteiger partial charge in [0.25, 0.3) is 0 Å². The standard InChI is InChI=1S/C11H12F3NO5S/c1-15-21(18,19)7-2-3-9(8(6-7)10(16)17)20-5-4-11(12,13)14/h2-3,6,15H,4-5H2,1H3,(H,16,17). The van der Waals surface area contributed by atoms with Crippen LogP contribution in [0.15, 0.2) is 23.1 Å². The first kappa shape index (κ1) is 17.2. The van der Waals surface area contributed by atoms with E-state index in [4.69, 9.17) is 9.84 Å². The summed E-state index contributed by atoms with van der Waals surface area (Å²) in [4.78, 5) is 10.7. The topological polar surface area (TPSA) is 92.7 Å². The second kappa shape index (κ2) is 6.31. The quantitative estimate of drug-likeness (QED) is 0.828. The van der Waals surface area contributed by atoms with Crippen molar-refractivity contribution in [3.05, 3.63) is 23.8 Å². The van der Waals surface area contributed by atoms with Crippen molar-refractivity contribution < 1.29 is 36.2 Å².